The highest BCUT2D eigenvalue weighted by atomic mass is 16.6. The van der Waals surface area contributed by atoms with Gasteiger partial charge >= 0.3 is 17.9 Å². The maximum absolute atomic E-state index is 12.7. The first-order valence-electron chi connectivity index (χ1n) is 23.9. The van der Waals surface area contributed by atoms with E-state index in [9.17, 15) is 14.4 Å². The smallest absolute Gasteiger partial charge is 0.306 e. The highest BCUT2D eigenvalue weighted by Gasteiger charge is 2.19. The molecule has 6 heteroatoms. The first-order valence-corrected chi connectivity index (χ1v) is 23.9. The highest BCUT2D eigenvalue weighted by molar-refractivity contribution is 5.71. The fourth-order valence-corrected chi connectivity index (χ4v) is 7.16. The van der Waals surface area contributed by atoms with Gasteiger partial charge in [-0.1, -0.05) is 227 Å². The minimum Gasteiger partial charge on any atom is -0.462 e. The molecule has 320 valence electrons. The maximum atomic E-state index is 12.7. The second-order valence-corrected chi connectivity index (χ2v) is 16.9. The Hall–Kier alpha value is -1.59. The van der Waals surface area contributed by atoms with Crippen molar-refractivity contribution in [3.05, 3.63) is 0 Å². The van der Waals surface area contributed by atoms with E-state index in [0.717, 1.165) is 63.7 Å². The monoisotopic (exact) mass is 765 g/mol. The van der Waals surface area contributed by atoms with E-state index in [1.54, 1.807) is 0 Å². The molecular weight excluding hydrogens is 673 g/mol. The van der Waals surface area contributed by atoms with Crippen LogP contribution in [0.15, 0.2) is 0 Å². The molecule has 0 aromatic rings. The Labute approximate surface area is 336 Å². The van der Waals surface area contributed by atoms with E-state index in [1.807, 2.05) is 0 Å². The standard InChI is InChI=1S/C48H92O6/c1-5-7-9-11-13-15-16-17-18-19-20-24-28-32-36-40-47(50)53-43-45(42-52-46(49)39-35-31-27-22-14-12-10-8-6-2)54-48(51)41-37-33-29-25-21-23-26-30-34-38-44(3)4/h44-45H,5-43H2,1-4H3/t45-/m1/s1. The maximum Gasteiger partial charge on any atom is 0.306 e. The van der Waals surface area contributed by atoms with E-state index in [4.69, 9.17) is 14.2 Å². The fraction of sp³-hybridized carbons (Fsp3) is 0.938. The van der Waals surface area contributed by atoms with Crippen molar-refractivity contribution in [2.45, 2.75) is 271 Å². The van der Waals surface area contributed by atoms with E-state index in [-0.39, 0.29) is 31.1 Å². The highest BCUT2D eigenvalue weighted by Crippen LogP contribution is 2.16. The number of hydrogen-bond acceptors (Lipinski definition) is 6. The van der Waals surface area contributed by atoms with Crippen molar-refractivity contribution >= 4 is 17.9 Å². The summed E-state index contributed by atoms with van der Waals surface area (Å²) in [5, 5.41) is 0. The van der Waals surface area contributed by atoms with Gasteiger partial charge in [0.25, 0.3) is 0 Å². The normalized spacial score (nSPS) is 11.9. The first-order chi connectivity index (χ1) is 26.4. The summed E-state index contributed by atoms with van der Waals surface area (Å²) in [7, 11) is 0. The van der Waals surface area contributed by atoms with Crippen LogP contribution in [0.3, 0.4) is 0 Å². The zero-order chi connectivity index (χ0) is 39.6. The lowest BCUT2D eigenvalue weighted by atomic mass is 10.0. The van der Waals surface area contributed by atoms with Gasteiger partial charge in [-0.3, -0.25) is 14.4 Å². The van der Waals surface area contributed by atoms with Crippen molar-refractivity contribution in [2.75, 3.05) is 13.2 Å². The predicted octanol–water partition coefficient (Wildman–Crippen LogP) is 15.1. The summed E-state index contributed by atoms with van der Waals surface area (Å²) in [5.41, 5.74) is 0. The lowest BCUT2D eigenvalue weighted by molar-refractivity contribution is -0.167. The number of esters is 3. The molecule has 54 heavy (non-hydrogen) atoms. The molecular formula is C48H92O6. The summed E-state index contributed by atoms with van der Waals surface area (Å²) >= 11 is 0. The third kappa shape index (κ3) is 41.6. The molecule has 0 aliphatic carbocycles. The van der Waals surface area contributed by atoms with Crippen LogP contribution < -0.4 is 0 Å². The minimum atomic E-state index is -0.759. The van der Waals surface area contributed by atoms with Crippen LogP contribution in [0.5, 0.6) is 0 Å². The molecule has 0 aromatic carbocycles. The molecule has 0 aliphatic rings. The van der Waals surface area contributed by atoms with Crippen molar-refractivity contribution in [2.24, 2.45) is 5.92 Å². The number of unbranched alkanes of at least 4 members (excludes halogenated alkanes) is 30. The molecule has 0 bridgehead atoms. The molecule has 0 unspecified atom stereocenters. The molecule has 0 radical (unpaired) electrons. The van der Waals surface area contributed by atoms with Gasteiger partial charge in [0.15, 0.2) is 6.10 Å². The number of ether oxygens (including phenoxy) is 3. The average molecular weight is 765 g/mol. The van der Waals surface area contributed by atoms with Crippen molar-refractivity contribution in [3.8, 4) is 0 Å². The lowest BCUT2D eigenvalue weighted by Gasteiger charge is -2.18. The number of hydrogen-bond donors (Lipinski definition) is 0. The summed E-state index contributed by atoms with van der Waals surface area (Å²) in [6, 6.07) is 0. The van der Waals surface area contributed by atoms with Crippen molar-refractivity contribution < 1.29 is 28.6 Å². The molecule has 0 heterocycles. The zero-order valence-corrected chi connectivity index (χ0v) is 36.7. The molecule has 0 saturated carbocycles. The Morgan fingerprint density at radius 3 is 0.907 bits per heavy atom. The predicted molar refractivity (Wildman–Crippen MR) is 229 cm³/mol. The molecule has 0 aliphatic heterocycles. The Morgan fingerprint density at radius 1 is 0.352 bits per heavy atom. The molecule has 1 atom stereocenters. The van der Waals surface area contributed by atoms with Crippen LogP contribution in [0.1, 0.15) is 265 Å². The van der Waals surface area contributed by atoms with E-state index in [0.29, 0.717) is 19.3 Å². The van der Waals surface area contributed by atoms with E-state index < -0.39 is 6.10 Å². The average Bonchev–Trinajstić information content (AvgIpc) is 3.15. The lowest BCUT2D eigenvalue weighted by Crippen LogP contribution is -2.30. The Kier molecular flexibility index (Phi) is 41.3. The van der Waals surface area contributed by atoms with Gasteiger partial charge in [-0.2, -0.15) is 0 Å². The van der Waals surface area contributed by atoms with Gasteiger partial charge in [-0.05, 0) is 25.2 Å². The molecule has 0 spiro atoms. The number of rotatable bonds is 43. The quantitative estimate of drug-likeness (QED) is 0.0349. The summed E-state index contributed by atoms with van der Waals surface area (Å²) < 4.78 is 16.7. The van der Waals surface area contributed by atoms with Gasteiger partial charge in [0, 0.05) is 19.3 Å². The molecule has 0 aromatic heterocycles. The SMILES string of the molecule is CCCCCCCCCCCCCCCCCC(=O)OC[C@@H](COC(=O)CCCCCCCCCCC)OC(=O)CCCCCCCCCCCC(C)C. The zero-order valence-electron chi connectivity index (χ0n) is 36.7. The van der Waals surface area contributed by atoms with Crippen molar-refractivity contribution in [1.29, 1.82) is 0 Å². The Morgan fingerprint density at radius 2 is 0.611 bits per heavy atom. The molecule has 0 amide bonds. The van der Waals surface area contributed by atoms with Gasteiger partial charge < -0.3 is 14.2 Å². The van der Waals surface area contributed by atoms with Crippen molar-refractivity contribution in [3.63, 3.8) is 0 Å². The van der Waals surface area contributed by atoms with Crippen LogP contribution in [0.25, 0.3) is 0 Å². The van der Waals surface area contributed by atoms with Crippen LogP contribution in [0, 0.1) is 5.92 Å². The third-order valence-corrected chi connectivity index (χ3v) is 10.8. The van der Waals surface area contributed by atoms with Gasteiger partial charge in [0.05, 0.1) is 0 Å². The number of carbonyl (C=O) groups is 3. The molecule has 6 nitrogen and oxygen atoms in total. The Balaban J connectivity index is 4.28. The van der Waals surface area contributed by atoms with E-state index in [1.165, 1.54) is 161 Å². The van der Waals surface area contributed by atoms with Gasteiger partial charge in [0.2, 0.25) is 0 Å². The van der Waals surface area contributed by atoms with Crippen LogP contribution >= 0.6 is 0 Å². The van der Waals surface area contributed by atoms with Gasteiger partial charge in [0.1, 0.15) is 13.2 Å². The van der Waals surface area contributed by atoms with Gasteiger partial charge in [-0.15, -0.1) is 0 Å². The molecule has 0 fully saturated rings. The largest absolute Gasteiger partial charge is 0.462 e. The van der Waals surface area contributed by atoms with Crippen LogP contribution in [-0.4, -0.2) is 37.2 Å². The van der Waals surface area contributed by atoms with Crippen LogP contribution in [-0.2, 0) is 28.6 Å². The number of carbonyl (C=O) groups excluding carboxylic acids is 3. The van der Waals surface area contributed by atoms with Crippen molar-refractivity contribution in [1.82, 2.24) is 0 Å². The summed E-state index contributed by atoms with van der Waals surface area (Å²) in [6.07, 6.45) is 42.3. The topological polar surface area (TPSA) is 78.9 Å². The second-order valence-electron chi connectivity index (χ2n) is 16.9. The molecule has 0 saturated heterocycles. The van der Waals surface area contributed by atoms with E-state index in [2.05, 4.69) is 27.7 Å². The minimum absolute atomic E-state index is 0.0637. The molecule has 0 N–H and O–H groups in total. The first kappa shape index (κ1) is 52.4. The summed E-state index contributed by atoms with van der Waals surface area (Å²) in [6.45, 7) is 8.97. The summed E-state index contributed by atoms with van der Waals surface area (Å²) in [4.78, 5) is 37.7. The van der Waals surface area contributed by atoms with Gasteiger partial charge in [-0.25, -0.2) is 0 Å². The Bertz CT molecular complexity index is 811. The second kappa shape index (κ2) is 42.6. The summed E-state index contributed by atoms with van der Waals surface area (Å²) in [5.74, 6) is -0.0479. The van der Waals surface area contributed by atoms with E-state index >= 15 is 0 Å². The van der Waals surface area contributed by atoms with Crippen LogP contribution in [0.4, 0.5) is 0 Å². The van der Waals surface area contributed by atoms with Crippen LogP contribution in [0.2, 0.25) is 0 Å². The molecule has 0 rings (SSSR count). The fourth-order valence-electron chi connectivity index (χ4n) is 7.16. The third-order valence-electron chi connectivity index (χ3n) is 10.8.